The Morgan fingerprint density at radius 3 is 2.60 bits per heavy atom. The van der Waals surface area contributed by atoms with Gasteiger partial charge in [0.2, 0.25) is 5.76 Å². The number of carbonyl (C=O) groups is 1. The third-order valence-corrected chi connectivity index (χ3v) is 6.92. The van der Waals surface area contributed by atoms with Gasteiger partial charge < -0.3 is 19.8 Å². The minimum atomic E-state index is -0.344. The summed E-state index contributed by atoms with van der Waals surface area (Å²) in [7, 11) is 2.15. The molecule has 1 saturated heterocycles. The number of rotatable bonds is 5. The van der Waals surface area contributed by atoms with Crippen LogP contribution in [0.25, 0.3) is 0 Å². The third-order valence-electron chi connectivity index (χ3n) is 6.92. The Bertz CT molecular complexity index is 805. The van der Waals surface area contributed by atoms with E-state index in [0.717, 1.165) is 51.9 Å². The Labute approximate surface area is 178 Å². The number of amides is 1. The number of hydrogen-bond acceptors (Lipinski definition) is 6. The van der Waals surface area contributed by atoms with Crippen LogP contribution >= 0.6 is 0 Å². The number of hydrogen-bond donors (Lipinski definition) is 2. The van der Waals surface area contributed by atoms with Crippen molar-refractivity contribution in [3.8, 4) is 0 Å². The van der Waals surface area contributed by atoms with Gasteiger partial charge in [0.25, 0.3) is 5.91 Å². The Hall–Kier alpha value is -2.22. The summed E-state index contributed by atoms with van der Waals surface area (Å²) < 4.78 is 5.01. The molecule has 2 heterocycles. The van der Waals surface area contributed by atoms with E-state index in [0.29, 0.717) is 6.54 Å². The van der Waals surface area contributed by atoms with E-state index in [4.69, 9.17) is 4.52 Å². The number of likely N-dealkylation sites (N-methyl/N-ethyl adjacent to an activating group) is 1. The molecule has 4 rings (SSSR count). The van der Waals surface area contributed by atoms with Crippen LogP contribution in [0.15, 0.2) is 47.1 Å². The molecule has 0 spiro atoms. The average molecular weight is 413 g/mol. The molecular weight excluding hydrogens is 380 g/mol. The highest BCUT2D eigenvalue weighted by molar-refractivity contribution is 5.91. The van der Waals surface area contributed by atoms with Crippen LogP contribution in [0, 0.1) is 0 Å². The van der Waals surface area contributed by atoms with E-state index in [9.17, 15) is 9.90 Å². The first-order valence-corrected chi connectivity index (χ1v) is 10.9. The van der Waals surface area contributed by atoms with Crippen LogP contribution in [-0.2, 0) is 5.41 Å². The van der Waals surface area contributed by atoms with Gasteiger partial charge in [-0.15, -0.1) is 0 Å². The molecular formula is C23H32N4O3. The Balaban J connectivity index is 1.52. The molecule has 2 aromatic rings. The van der Waals surface area contributed by atoms with Crippen molar-refractivity contribution in [3.05, 3.63) is 53.9 Å². The van der Waals surface area contributed by atoms with Crippen molar-refractivity contribution < 1.29 is 14.4 Å². The predicted molar refractivity (Wildman–Crippen MR) is 114 cm³/mol. The number of aliphatic hydroxyl groups is 1. The Kier molecular flexibility index (Phi) is 6.51. The maximum absolute atomic E-state index is 12.5. The SMILES string of the molecule is CN1CCN([C@H]2CC[C@](CNC(=O)c3ccno3)(c3ccccc3)CC[C@@H]2O)CC1. The third kappa shape index (κ3) is 4.58. The second-order valence-electron chi connectivity index (χ2n) is 8.76. The molecule has 1 amide bonds. The normalized spacial score (nSPS) is 28.7. The highest BCUT2D eigenvalue weighted by atomic mass is 16.5. The lowest BCUT2D eigenvalue weighted by Crippen LogP contribution is -2.52. The molecule has 0 radical (unpaired) electrons. The van der Waals surface area contributed by atoms with E-state index in [1.807, 2.05) is 6.07 Å². The molecule has 2 fully saturated rings. The summed E-state index contributed by atoms with van der Waals surface area (Å²) >= 11 is 0. The van der Waals surface area contributed by atoms with Crippen molar-refractivity contribution in [2.24, 2.45) is 0 Å². The van der Waals surface area contributed by atoms with Crippen LogP contribution in [-0.4, -0.2) is 77.9 Å². The molecule has 1 aromatic heterocycles. The maximum atomic E-state index is 12.5. The number of aromatic nitrogens is 1. The predicted octanol–water partition coefficient (Wildman–Crippen LogP) is 1.89. The van der Waals surface area contributed by atoms with Gasteiger partial charge in [-0.05, 0) is 38.3 Å². The molecule has 7 nitrogen and oxygen atoms in total. The number of nitrogens with zero attached hydrogens (tertiary/aromatic N) is 3. The lowest BCUT2D eigenvalue weighted by Gasteiger charge is -2.39. The Morgan fingerprint density at radius 2 is 1.90 bits per heavy atom. The van der Waals surface area contributed by atoms with Gasteiger partial charge >= 0.3 is 0 Å². The molecule has 7 heteroatoms. The molecule has 2 aliphatic rings. The maximum Gasteiger partial charge on any atom is 0.289 e. The minimum Gasteiger partial charge on any atom is -0.391 e. The van der Waals surface area contributed by atoms with Crippen molar-refractivity contribution in [2.45, 2.75) is 43.2 Å². The van der Waals surface area contributed by atoms with Gasteiger partial charge in [-0.1, -0.05) is 35.5 Å². The lowest BCUT2D eigenvalue weighted by atomic mass is 9.74. The van der Waals surface area contributed by atoms with Crippen LogP contribution in [0.5, 0.6) is 0 Å². The van der Waals surface area contributed by atoms with E-state index in [1.165, 1.54) is 11.8 Å². The topological polar surface area (TPSA) is 81.8 Å². The fourth-order valence-corrected chi connectivity index (χ4v) is 4.97. The summed E-state index contributed by atoms with van der Waals surface area (Å²) in [5.41, 5.74) is 1.01. The smallest absolute Gasteiger partial charge is 0.289 e. The highest BCUT2D eigenvalue weighted by Gasteiger charge is 2.40. The standard InChI is InChI=1S/C23H32N4O3/c1-26-13-15-27(16-14-26)19-7-10-23(11-8-20(19)28,18-5-3-2-4-6-18)17-24-22(29)21-9-12-25-30-21/h2-6,9,12,19-20,28H,7-8,10-11,13-17H2,1H3,(H,24,29)/t19-,20-,23-/m0/s1. The van der Waals surface area contributed by atoms with E-state index in [1.54, 1.807) is 6.07 Å². The fraction of sp³-hybridized carbons (Fsp3) is 0.565. The average Bonchev–Trinajstić information content (AvgIpc) is 3.26. The first kappa shape index (κ1) is 21.0. The zero-order chi connectivity index (χ0) is 21.0. The summed E-state index contributed by atoms with van der Waals surface area (Å²) in [4.78, 5) is 17.3. The first-order chi connectivity index (χ1) is 14.6. The highest BCUT2D eigenvalue weighted by Crippen LogP contribution is 2.39. The summed E-state index contributed by atoms with van der Waals surface area (Å²) in [6.45, 7) is 4.59. The molecule has 162 valence electrons. The zero-order valence-corrected chi connectivity index (χ0v) is 17.7. The van der Waals surface area contributed by atoms with Crippen LogP contribution < -0.4 is 5.32 Å². The van der Waals surface area contributed by atoms with Gasteiger partial charge in [-0.3, -0.25) is 9.69 Å². The van der Waals surface area contributed by atoms with E-state index in [2.05, 4.69) is 51.6 Å². The fourth-order valence-electron chi connectivity index (χ4n) is 4.97. The van der Waals surface area contributed by atoms with E-state index < -0.39 is 0 Å². The van der Waals surface area contributed by atoms with Gasteiger partial charge in [0, 0.05) is 50.2 Å². The lowest BCUT2D eigenvalue weighted by molar-refractivity contribution is 0.0200. The second-order valence-corrected chi connectivity index (χ2v) is 8.76. The summed E-state index contributed by atoms with van der Waals surface area (Å²) in [6.07, 6.45) is 4.52. The van der Waals surface area contributed by atoms with Crippen molar-refractivity contribution in [1.29, 1.82) is 0 Å². The number of piperazine rings is 1. The van der Waals surface area contributed by atoms with Gasteiger partial charge in [0.1, 0.15) is 0 Å². The number of carbonyl (C=O) groups excluding carboxylic acids is 1. The number of nitrogens with one attached hydrogen (secondary N) is 1. The van der Waals surface area contributed by atoms with Crippen LogP contribution in [0.4, 0.5) is 0 Å². The van der Waals surface area contributed by atoms with Crippen molar-refractivity contribution >= 4 is 5.91 Å². The number of benzene rings is 1. The monoisotopic (exact) mass is 412 g/mol. The van der Waals surface area contributed by atoms with Crippen LogP contribution in [0.2, 0.25) is 0 Å². The van der Waals surface area contributed by atoms with E-state index in [-0.39, 0.29) is 29.2 Å². The van der Waals surface area contributed by atoms with Gasteiger partial charge in [0.05, 0.1) is 12.3 Å². The van der Waals surface area contributed by atoms with Crippen LogP contribution in [0.1, 0.15) is 41.8 Å². The molecule has 2 N–H and O–H groups in total. The zero-order valence-electron chi connectivity index (χ0n) is 17.7. The second kappa shape index (κ2) is 9.29. The molecule has 1 aromatic carbocycles. The molecule has 0 bridgehead atoms. The van der Waals surface area contributed by atoms with Gasteiger partial charge in [-0.25, -0.2) is 0 Å². The molecule has 3 atom stereocenters. The molecule has 1 aliphatic carbocycles. The molecule has 0 unspecified atom stereocenters. The van der Waals surface area contributed by atoms with Crippen LogP contribution in [0.3, 0.4) is 0 Å². The number of aliphatic hydroxyl groups excluding tert-OH is 1. The quantitative estimate of drug-likeness (QED) is 0.730. The summed E-state index contributed by atoms with van der Waals surface area (Å²) in [5, 5.41) is 17.7. The van der Waals surface area contributed by atoms with Crippen molar-refractivity contribution in [3.63, 3.8) is 0 Å². The molecule has 1 aliphatic heterocycles. The van der Waals surface area contributed by atoms with Gasteiger partial charge in [0.15, 0.2) is 0 Å². The minimum absolute atomic E-state index is 0.175. The molecule has 1 saturated carbocycles. The summed E-state index contributed by atoms with van der Waals surface area (Å²) in [5.74, 6) is -0.0228. The first-order valence-electron chi connectivity index (χ1n) is 10.9. The van der Waals surface area contributed by atoms with E-state index >= 15 is 0 Å². The summed E-state index contributed by atoms with van der Waals surface area (Å²) in [6, 6.07) is 12.2. The molecule has 30 heavy (non-hydrogen) atoms. The van der Waals surface area contributed by atoms with Crippen molar-refractivity contribution in [2.75, 3.05) is 39.8 Å². The van der Waals surface area contributed by atoms with Gasteiger partial charge in [-0.2, -0.15) is 0 Å². The van der Waals surface area contributed by atoms with Crippen molar-refractivity contribution in [1.82, 2.24) is 20.3 Å². The Morgan fingerprint density at radius 1 is 1.17 bits per heavy atom. The largest absolute Gasteiger partial charge is 0.391 e.